The van der Waals surface area contributed by atoms with Gasteiger partial charge in [0.2, 0.25) is 0 Å². The lowest BCUT2D eigenvalue weighted by atomic mass is 10.1. The average molecular weight is 316 g/mol. The van der Waals surface area contributed by atoms with Gasteiger partial charge in [-0.2, -0.15) is 0 Å². The van der Waals surface area contributed by atoms with E-state index in [1.54, 1.807) is 39.2 Å². The quantitative estimate of drug-likeness (QED) is 0.840. The molecule has 0 aromatic heterocycles. The molecule has 21 heavy (non-hydrogen) atoms. The van der Waals surface area contributed by atoms with Gasteiger partial charge >= 0.3 is 0 Å². The Labute approximate surface area is 130 Å². The summed E-state index contributed by atoms with van der Waals surface area (Å²) in [6, 6.07) is 5.08. The molecule has 0 aliphatic carbocycles. The van der Waals surface area contributed by atoms with Gasteiger partial charge in [-0.25, -0.2) is 0 Å². The van der Waals surface area contributed by atoms with Crippen molar-refractivity contribution in [1.82, 2.24) is 0 Å². The first kappa shape index (κ1) is 17.8. The van der Waals surface area contributed by atoms with Crippen molar-refractivity contribution in [2.75, 3.05) is 26.1 Å². The maximum atomic E-state index is 12.0. The predicted octanol–water partition coefficient (Wildman–Crippen LogP) is 3.12. The second kappa shape index (κ2) is 7.64. The van der Waals surface area contributed by atoms with Crippen LogP contribution in [0.2, 0.25) is 5.02 Å². The molecule has 1 atom stereocenters. The summed E-state index contributed by atoms with van der Waals surface area (Å²) >= 11 is 6.16. The number of halogens is 1. The highest BCUT2D eigenvalue weighted by atomic mass is 35.5. The van der Waals surface area contributed by atoms with Gasteiger partial charge in [0.15, 0.2) is 0 Å². The first-order valence-electron chi connectivity index (χ1n) is 6.62. The molecular weight excluding hydrogens is 294 g/mol. The van der Waals surface area contributed by atoms with Gasteiger partial charge in [0, 0.05) is 19.9 Å². The molecule has 0 aliphatic rings. The summed E-state index contributed by atoms with van der Waals surface area (Å²) in [5.74, 6) is 0.299. The highest BCUT2D eigenvalue weighted by molar-refractivity contribution is 6.32. The first-order chi connectivity index (χ1) is 9.80. The summed E-state index contributed by atoms with van der Waals surface area (Å²) in [4.78, 5) is 12.0. The Balaban J connectivity index is 2.76. The van der Waals surface area contributed by atoms with E-state index in [0.29, 0.717) is 23.1 Å². The van der Waals surface area contributed by atoms with Crippen LogP contribution in [0.4, 0.5) is 5.69 Å². The van der Waals surface area contributed by atoms with Crippen LogP contribution in [-0.4, -0.2) is 38.4 Å². The van der Waals surface area contributed by atoms with Crippen LogP contribution < -0.4 is 10.1 Å². The Morgan fingerprint density at radius 3 is 2.57 bits per heavy atom. The van der Waals surface area contributed by atoms with Crippen molar-refractivity contribution in [2.24, 2.45) is 0 Å². The standard InChI is InChI=1S/C15H22ClNO4/c1-10(9-19-4)21-13-7-6-11(8-12(13)16)17-14(18)15(2,3)20-5/h6-8,10H,9H2,1-5H3,(H,17,18)/t10-/m1/s1. The Bertz CT molecular complexity index is 491. The zero-order chi connectivity index (χ0) is 16.0. The van der Waals surface area contributed by atoms with Crippen LogP contribution in [0.3, 0.4) is 0 Å². The lowest BCUT2D eigenvalue weighted by Gasteiger charge is -2.22. The maximum absolute atomic E-state index is 12.0. The molecule has 0 spiro atoms. The van der Waals surface area contributed by atoms with Crippen molar-refractivity contribution in [2.45, 2.75) is 32.5 Å². The molecule has 0 saturated carbocycles. The van der Waals surface area contributed by atoms with E-state index in [4.69, 9.17) is 25.8 Å². The summed E-state index contributed by atoms with van der Waals surface area (Å²) in [5.41, 5.74) is -0.323. The molecule has 0 aliphatic heterocycles. The molecule has 1 aromatic carbocycles. The molecular formula is C15H22ClNO4. The van der Waals surface area contributed by atoms with Gasteiger partial charge in [0.05, 0.1) is 11.6 Å². The molecule has 0 fully saturated rings. The van der Waals surface area contributed by atoms with Gasteiger partial charge in [-0.3, -0.25) is 4.79 Å². The van der Waals surface area contributed by atoms with Gasteiger partial charge < -0.3 is 19.5 Å². The van der Waals surface area contributed by atoms with Crippen molar-refractivity contribution in [3.05, 3.63) is 23.2 Å². The van der Waals surface area contributed by atoms with Crippen molar-refractivity contribution >= 4 is 23.2 Å². The number of ether oxygens (including phenoxy) is 3. The summed E-state index contributed by atoms with van der Waals surface area (Å²) < 4.78 is 15.8. The fraction of sp³-hybridized carbons (Fsp3) is 0.533. The zero-order valence-electron chi connectivity index (χ0n) is 13.0. The molecule has 0 saturated heterocycles. The van der Waals surface area contributed by atoms with Gasteiger partial charge in [-0.05, 0) is 39.0 Å². The second-order valence-corrected chi connectivity index (χ2v) is 5.60. The first-order valence-corrected chi connectivity index (χ1v) is 6.99. The van der Waals surface area contributed by atoms with Crippen LogP contribution in [0.25, 0.3) is 0 Å². The smallest absolute Gasteiger partial charge is 0.256 e. The number of carbonyl (C=O) groups excluding carboxylic acids is 1. The molecule has 1 aromatic rings. The lowest BCUT2D eigenvalue weighted by Crippen LogP contribution is -2.38. The van der Waals surface area contributed by atoms with Crippen LogP contribution >= 0.6 is 11.6 Å². The van der Waals surface area contributed by atoms with Crippen LogP contribution in [0, 0.1) is 0 Å². The van der Waals surface area contributed by atoms with E-state index in [9.17, 15) is 4.79 Å². The van der Waals surface area contributed by atoms with E-state index >= 15 is 0 Å². The number of hydrogen-bond donors (Lipinski definition) is 1. The van der Waals surface area contributed by atoms with Crippen LogP contribution in [0.1, 0.15) is 20.8 Å². The minimum Gasteiger partial charge on any atom is -0.487 e. The van der Waals surface area contributed by atoms with Gasteiger partial charge in [-0.1, -0.05) is 11.6 Å². The molecule has 6 heteroatoms. The number of hydrogen-bond acceptors (Lipinski definition) is 4. The summed E-state index contributed by atoms with van der Waals surface area (Å²) in [6.07, 6.45) is -0.111. The monoisotopic (exact) mass is 315 g/mol. The second-order valence-electron chi connectivity index (χ2n) is 5.20. The predicted molar refractivity (Wildman–Crippen MR) is 83.1 cm³/mol. The Kier molecular flexibility index (Phi) is 6.45. The van der Waals surface area contributed by atoms with Crippen LogP contribution in [0.15, 0.2) is 18.2 Å². The lowest BCUT2D eigenvalue weighted by molar-refractivity contribution is -0.133. The van der Waals surface area contributed by atoms with Crippen LogP contribution in [-0.2, 0) is 14.3 Å². The number of benzene rings is 1. The van der Waals surface area contributed by atoms with E-state index in [2.05, 4.69) is 5.32 Å². The van der Waals surface area contributed by atoms with Crippen molar-refractivity contribution < 1.29 is 19.0 Å². The summed E-state index contributed by atoms with van der Waals surface area (Å²) in [6.45, 7) is 5.73. The molecule has 0 unspecified atom stereocenters. The molecule has 0 radical (unpaired) electrons. The molecule has 0 bridgehead atoms. The minimum absolute atomic E-state index is 0.111. The minimum atomic E-state index is -0.908. The summed E-state index contributed by atoms with van der Waals surface area (Å²) in [5, 5.41) is 3.17. The number of amides is 1. The van der Waals surface area contributed by atoms with E-state index in [1.807, 2.05) is 6.92 Å². The largest absolute Gasteiger partial charge is 0.487 e. The summed E-state index contributed by atoms with van der Waals surface area (Å²) in [7, 11) is 3.10. The molecule has 5 nitrogen and oxygen atoms in total. The Hall–Kier alpha value is -1.30. The van der Waals surface area contributed by atoms with Crippen molar-refractivity contribution in [3.8, 4) is 5.75 Å². The molecule has 1 amide bonds. The van der Waals surface area contributed by atoms with Crippen molar-refractivity contribution in [1.29, 1.82) is 0 Å². The maximum Gasteiger partial charge on any atom is 0.256 e. The van der Waals surface area contributed by atoms with E-state index in [0.717, 1.165) is 0 Å². The number of rotatable bonds is 7. The molecule has 1 N–H and O–H groups in total. The normalized spacial score (nSPS) is 12.9. The highest BCUT2D eigenvalue weighted by Gasteiger charge is 2.27. The molecule has 118 valence electrons. The third kappa shape index (κ3) is 5.19. The van der Waals surface area contributed by atoms with E-state index in [1.165, 1.54) is 7.11 Å². The van der Waals surface area contributed by atoms with Crippen molar-refractivity contribution in [3.63, 3.8) is 0 Å². The average Bonchev–Trinajstić information content (AvgIpc) is 2.42. The van der Waals surface area contributed by atoms with Gasteiger partial charge in [0.25, 0.3) is 5.91 Å². The fourth-order valence-electron chi connectivity index (χ4n) is 1.53. The van der Waals surface area contributed by atoms with Gasteiger partial charge in [0.1, 0.15) is 17.5 Å². The number of nitrogens with one attached hydrogen (secondary N) is 1. The Morgan fingerprint density at radius 2 is 2.05 bits per heavy atom. The third-order valence-electron chi connectivity index (χ3n) is 2.98. The highest BCUT2D eigenvalue weighted by Crippen LogP contribution is 2.29. The van der Waals surface area contributed by atoms with E-state index < -0.39 is 5.60 Å². The number of anilines is 1. The van der Waals surface area contributed by atoms with Crippen LogP contribution in [0.5, 0.6) is 5.75 Å². The zero-order valence-corrected chi connectivity index (χ0v) is 13.8. The Morgan fingerprint density at radius 1 is 1.38 bits per heavy atom. The molecule has 0 heterocycles. The van der Waals surface area contributed by atoms with Gasteiger partial charge in [-0.15, -0.1) is 0 Å². The number of carbonyl (C=O) groups is 1. The SMILES string of the molecule is COC[C@@H](C)Oc1ccc(NC(=O)C(C)(C)OC)cc1Cl. The molecule has 1 rings (SSSR count). The topological polar surface area (TPSA) is 56.8 Å². The fourth-order valence-corrected chi connectivity index (χ4v) is 1.76. The third-order valence-corrected chi connectivity index (χ3v) is 3.27. The number of methoxy groups -OCH3 is 2. The van der Waals surface area contributed by atoms with E-state index in [-0.39, 0.29) is 12.0 Å².